The van der Waals surface area contributed by atoms with E-state index in [1.165, 1.54) is 0 Å². The number of aromatic amines is 1. The Morgan fingerprint density at radius 3 is 2.53 bits per heavy atom. The van der Waals surface area contributed by atoms with Crippen molar-refractivity contribution in [1.82, 2.24) is 9.88 Å². The number of halogens is 3. The van der Waals surface area contributed by atoms with Crippen LogP contribution < -0.4 is 5.43 Å². The lowest BCUT2D eigenvalue weighted by Gasteiger charge is -2.21. The molecule has 0 amide bonds. The molecule has 0 bridgehead atoms. The molecular weight excluding hydrogens is 465 g/mol. The van der Waals surface area contributed by atoms with E-state index in [2.05, 4.69) is 23.7 Å². The van der Waals surface area contributed by atoms with Gasteiger partial charge in [-0.25, -0.2) is 0 Å². The van der Waals surface area contributed by atoms with Crippen LogP contribution in [0.5, 0.6) is 0 Å². The molecule has 3 aromatic rings. The zero-order valence-corrected chi connectivity index (χ0v) is 20.3. The Hall–Kier alpha value is -2.11. The van der Waals surface area contributed by atoms with Gasteiger partial charge in [-0.3, -0.25) is 9.79 Å². The molecular formula is C25H24Cl3N3O. The third-order valence-electron chi connectivity index (χ3n) is 5.86. The second-order valence-corrected chi connectivity index (χ2v) is 9.01. The normalized spacial score (nSPS) is 14.8. The Morgan fingerprint density at radius 1 is 1.03 bits per heavy atom. The topological polar surface area (TPSA) is 48.5 Å². The number of nitrogens with one attached hydrogen (secondary N) is 1. The number of likely N-dealkylation sites (N-methyl/N-ethyl adjacent to an activating group) is 1. The van der Waals surface area contributed by atoms with Crippen molar-refractivity contribution in [3.05, 3.63) is 78.5 Å². The maximum Gasteiger partial charge on any atom is 0.199 e. The van der Waals surface area contributed by atoms with E-state index in [-0.39, 0.29) is 5.43 Å². The first-order chi connectivity index (χ1) is 15.4. The van der Waals surface area contributed by atoms with Crippen LogP contribution in [0.2, 0.25) is 15.1 Å². The second-order valence-electron chi connectivity index (χ2n) is 7.76. The van der Waals surface area contributed by atoms with Crippen molar-refractivity contribution in [2.75, 3.05) is 26.2 Å². The average molecular weight is 489 g/mol. The van der Waals surface area contributed by atoms with Gasteiger partial charge in [0.2, 0.25) is 0 Å². The standard InChI is InChI=1S/C25H24Cl3N3O/c1-3-31(4-2)10-9-29-22-12-16(15-5-7-19(27)20(28)11-15)13-23-24(22)25(32)18-14-17(26)6-8-21(18)30-23/h5-8,11,13-14H,3-4,9-10,12H2,1-2H3,(H,30,32). The summed E-state index contributed by atoms with van der Waals surface area (Å²) in [5.74, 6) is 0. The molecule has 0 fully saturated rings. The van der Waals surface area contributed by atoms with E-state index in [4.69, 9.17) is 39.8 Å². The second kappa shape index (κ2) is 9.80. The third kappa shape index (κ3) is 4.65. The van der Waals surface area contributed by atoms with Crippen LogP contribution in [0, 0.1) is 0 Å². The minimum Gasteiger partial charge on any atom is -0.354 e. The van der Waals surface area contributed by atoms with Crippen molar-refractivity contribution < 1.29 is 0 Å². The fourth-order valence-electron chi connectivity index (χ4n) is 4.05. The average Bonchev–Trinajstić information content (AvgIpc) is 2.79. The van der Waals surface area contributed by atoms with Crippen LogP contribution in [-0.4, -0.2) is 41.8 Å². The van der Waals surface area contributed by atoms with Crippen LogP contribution in [0.4, 0.5) is 0 Å². The Bertz CT molecular complexity index is 1290. The van der Waals surface area contributed by atoms with Crippen LogP contribution in [0.25, 0.3) is 22.6 Å². The molecule has 1 heterocycles. The highest BCUT2D eigenvalue weighted by Crippen LogP contribution is 2.33. The van der Waals surface area contributed by atoms with E-state index in [0.29, 0.717) is 39.0 Å². The quantitative estimate of drug-likeness (QED) is 0.427. The molecule has 0 radical (unpaired) electrons. The maximum absolute atomic E-state index is 13.4. The van der Waals surface area contributed by atoms with Gasteiger partial charge in [-0.1, -0.05) is 54.7 Å². The molecule has 4 rings (SSSR count). The lowest BCUT2D eigenvalue weighted by Crippen LogP contribution is -2.27. The zero-order valence-electron chi connectivity index (χ0n) is 18.0. The Balaban J connectivity index is 1.85. The van der Waals surface area contributed by atoms with Gasteiger partial charge < -0.3 is 9.88 Å². The molecule has 0 saturated carbocycles. The van der Waals surface area contributed by atoms with E-state index in [9.17, 15) is 4.79 Å². The zero-order chi connectivity index (χ0) is 22.8. The molecule has 0 unspecified atom stereocenters. The first-order valence-corrected chi connectivity index (χ1v) is 11.8. The minimum absolute atomic E-state index is 0.0534. The van der Waals surface area contributed by atoms with Gasteiger partial charge >= 0.3 is 0 Å². The molecule has 1 aliphatic rings. The largest absolute Gasteiger partial charge is 0.354 e. The minimum atomic E-state index is -0.0534. The smallest absolute Gasteiger partial charge is 0.199 e. The Morgan fingerprint density at radius 2 is 1.81 bits per heavy atom. The van der Waals surface area contributed by atoms with E-state index in [0.717, 1.165) is 47.7 Å². The molecule has 166 valence electrons. The molecule has 1 aromatic heterocycles. The number of fused-ring (bicyclic) bond motifs is 2. The van der Waals surface area contributed by atoms with E-state index < -0.39 is 0 Å². The number of nitrogens with zero attached hydrogens (tertiary/aromatic N) is 2. The molecule has 0 spiro atoms. The highest BCUT2D eigenvalue weighted by atomic mass is 35.5. The fourth-order valence-corrected chi connectivity index (χ4v) is 4.52. The van der Waals surface area contributed by atoms with Crippen molar-refractivity contribution in [1.29, 1.82) is 0 Å². The summed E-state index contributed by atoms with van der Waals surface area (Å²) in [7, 11) is 0. The number of H-pyrrole nitrogens is 1. The number of pyridine rings is 1. The summed E-state index contributed by atoms with van der Waals surface area (Å²) < 4.78 is 0. The number of aliphatic imine (C=N–C) groups is 1. The van der Waals surface area contributed by atoms with Gasteiger partial charge in [0.1, 0.15) is 0 Å². The van der Waals surface area contributed by atoms with Crippen molar-refractivity contribution in [2.45, 2.75) is 20.3 Å². The monoisotopic (exact) mass is 487 g/mol. The molecule has 4 nitrogen and oxygen atoms in total. The summed E-state index contributed by atoms with van der Waals surface area (Å²) in [4.78, 5) is 24.1. The number of hydrogen-bond donors (Lipinski definition) is 1. The fraction of sp³-hybridized carbons (Fsp3) is 0.280. The van der Waals surface area contributed by atoms with Gasteiger partial charge in [0.15, 0.2) is 5.43 Å². The Labute approximate surface area is 202 Å². The molecule has 1 aliphatic carbocycles. The lowest BCUT2D eigenvalue weighted by molar-refractivity contribution is 0.313. The molecule has 2 aromatic carbocycles. The molecule has 0 saturated heterocycles. The van der Waals surface area contributed by atoms with Crippen molar-refractivity contribution >= 4 is 63.1 Å². The summed E-state index contributed by atoms with van der Waals surface area (Å²) in [6.07, 6.45) is 2.55. The van der Waals surface area contributed by atoms with Crippen molar-refractivity contribution in [3.8, 4) is 0 Å². The van der Waals surface area contributed by atoms with Crippen LogP contribution in [-0.2, 0) is 0 Å². The number of allylic oxidation sites excluding steroid dienone is 1. The van der Waals surface area contributed by atoms with E-state index in [1.807, 2.05) is 24.3 Å². The van der Waals surface area contributed by atoms with Crippen molar-refractivity contribution in [3.63, 3.8) is 0 Å². The summed E-state index contributed by atoms with van der Waals surface area (Å²) in [5.41, 5.74) is 4.82. The summed E-state index contributed by atoms with van der Waals surface area (Å²) in [5, 5.41) is 2.11. The van der Waals surface area contributed by atoms with Crippen molar-refractivity contribution in [2.24, 2.45) is 4.99 Å². The first-order valence-electron chi connectivity index (χ1n) is 10.7. The number of rotatable bonds is 6. The van der Waals surface area contributed by atoms with Crippen LogP contribution in [0.15, 0.2) is 46.2 Å². The highest BCUT2D eigenvalue weighted by Gasteiger charge is 2.23. The Kier molecular flexibility index (Phi) is 7.06. The molecule has 0 aliphatic heterocycles. The maximum atomic E-state index is 13.4. The predicted octanol–water partition coefficient (Wildman–Crippen LogP) is 6.56. The van der Waals surface area contributed by atoms with Gasteiger partial charge in [-0.05, 0) is 60.6 Å². The van der Waals surface area contributed by atoms with Gasteiger partial charge in [-0.15, -0.1) is 0 Å². The lowest BCUT2D eigenvalue weighted by atomic mass is 9.88. The molecule has 7 heteroatoms. The number of hydrogen-bond acceptors (Lipinski definition) is 3. The van der Waals surface area contributed by atoms with E-state index >= 15 is 0 Å². The summed E-state index contributed by atoms with van der Waals surface area (Å²) in [6.45, 7) is 7.68. The van der Waals surface area contributed by atoms with Gasteiger partial charge in [-0.2, -0.15) is 0 Å². The van der Waals surface area contributed by atoms with Gasteiger partial charge in [0.05, 0.1) is 33.6 Å². The van der Waals surface area contributed by atoms with Crippen LogP contribution in [0.1, 0.15) is 37.1 Å². The number of benzene rings is 2. The molecule has 1 N–H and O–H groups in total. The summed E-state index contributed by atoms with van der Waals surface area (Å²) >= 11 is 18.6. The van der Waals surface area contributed by atoms with Crippen LogP contribution >= 0.6 is 34.8 Å². The van der Waals surface area contributed by atoms with Crippen LogP contribution in [0.3, 0.4) is 0 Å². The highest BCUT2D eigenvalue weighted by molar-refractivity contribution is 6.42. The van der Waals surface area contributed by atoms with Gasteiger partial charge in [0, 0.05) is 28.9 Å². The van der Waals surface area contributed by atoms with E-state index in [1.54, 1.807) is 18.2 Å². The predicted molar refractivity (Wildman–Crippen MR) is 138 cm³/mol. The molecule has 0 atom stereocenters. The molecule has 32 heavy (non-hydrogen) atoms. The van der Waals surface area contributed by atoms with Gasteiger partial charge in [0.25, 0.3) is 0 Å². The first kappa shape index (κ1) is 23.1. The third-order valence-corrected chi connectivity index (χ3v) is 6.83. The summed E-state index contributed by atoms with van der Waals surface area (Å²) in [6, 6.07) is 10.9. The number of aromatic nitrogens is 1. The SMILES string of the molecule is CCN(CC)CCN=C1CC(c2ccc(Cl)c(Cl)c2)=Cc2[nH]c3ccc(Cl)cc3c(=O)c21.